The number of hydrogen-bond donors (Lipinski definition) is 1. The van der Waals surface area contributed by atoms with Crippen molar-refractivity contribution < 1.29 is 14.4 Å². The molecule has 0 bridgehead atoms. The molecule has 0 saturated heterocycles. The maximum absolute atomic E-state index is 11.5. The number of nitrogens with zero attached hydrogens (tertiary/aromatic N) is 1. The molecular formula is C11H16N2O3. The highest BCUT2D eigenvalue weighted by Gasteiger charge is 2.24. The quantitative estimate of drug-likeness (QED) is 0.690. The Hall–Kier alpha value is -1.65. The summed E-state index contributed by atoms with van der Waals surface area (Å²) in [6.45, 7) is 5.91. The van der Waals surface area contributed by atoms with Crippen LogP contribution < -0.4 is 5.32 Å². The smallest absolute Gasteiger partial charge is 0.253 e. The van der Waals surface area contributed by atoms with Crippen molar-refractivity contribution in [2.75, 3.05) is 13.1 Å². The molecule has 0 radical (unpaired) electrons. The van der Waals surface area contributed by atoms with Crippen LogP contribution in [-0.2, 0) is 14.4 Å². The number of carbonyl (C=O) groups excluding carboxylic acids is 3. The van der Waals surface area contributed by atoms with Crippen molar-refractivity contribution in [2.45, 2.75) is 20.8 Å². The predicted molar refractivity (Wildman–Crippen MR) is 58.3 cm³/mol. The van der Waals surface area contributed by atoms with E-state index in [2.05, 4.69) is 5.32 Å². The third-order valence-electron chi connectivity index (χ3n) is 2.20. The Morgan fingerprint density at radius 3 is 2.19 bits per heavy atom. The second kappa shape index (κ2) is 4.47. The Balaban J connectivity index is 2.35. The minimum Gasteiger partial charge on any atom is -0.354 e. The number of carbonyl (C=O) groups is 3. The highest BCUT2D eigenvalue weighted by atomic mass is 16.2. The van der Waals surface area contributed by atoms with E-state index in [0.717, 1.165) is 4.90 Å². The Bertz CT molecular complexity index is 335. The molecule has 0 aliphatic carbocycles. The maximum atomic E-state index is 11.5. The first kappa shape index (κ1) is 12.4. The summed E-state index contributed by atoms with van der Waals surface area (Å²) in [5.74, 6) is -0.746. The van der Waals surface area contributed by atoms with Crippen molar-refractivity contribution in [3.63, 3.8) is 0 Å². The second-order valence-electron chi connectivity index (χ2n) is 4.67. The molecule has 0 aromatic heterocycles. The largest absolute Gasteiger partial charge is 0.354 e. The van der Waals surface area contributed by atoms with Gasteiger partial charge in [0.1, 0.15) is 0 Å². The lowest BCUT2D eigenvalue weighted by molar-refractivity contribution is -0.137. The lowest BCUT2D eigenvalue weighted by Crippen LogP contribution is -2.41. The Morgan fingerprint density at radius 1 is 1.25 bits per heavy atom. The fourth-order valence-corrected chi connectivity index (χ4v) is 1.20. The molecule has 0 saturated carbocycles. The molecule has 88 valence electrons. The van der Waals surface area contributed by atoms with Gasteiger partial charge in [-0.15, -0.1) is 0 Å². The van der Waals surface area contributed by atoms with Crippen molar-refractivity contribution in [3.05, 3.63) is 12.2 Å². The van der Waals surface area contributed by atoms with Crippen LogP contribution in [0.15, 0.2) is 12.2 Å². The van der Waals surface area contributed by atoms with Gasteiger partial charge in [0.15, 0.2) is 0 Å². The van der Waals surface area contributed by atoms with E-state index in [9.17, 15) is 14.4 Å². The molecule has 0 aromatic rings. The van der Waals surface area contributed by atoms with Crippen LogP contribution in [0, 0.1) is 5.41 Å². The SMILES string of the molecule is CC(C)(C)C(=O)NCCN1C(=O)C=CC1=O. The van der Waals surface area contributed by atoms with Crippen molar-refractivity contribution in [2.24, 2.45) is 5.41 Å². The van der Waals surface area contributed by atoms with Gasteiger partial charge in [-0.05, 0) is 0 Å². The summed E-state index contributed by atoms with van der Waals surface area (Å²) < 4.78 is 0. The summed E-state index contributed by atoms with van der Waals surface area (Å²) in [4.78, 5) is 34.9. The number of nitrogens with one attached hydrogen (secondary N) is 1. The van der Waals surface area contributed by atoms with Crippen LogP contribution in [0.3, 0.4) is 0 Å². The van der Waals surface area contributed by atoms with E-state index in [0.29, 0.717) is 0 Å². The van der Waals surface area contributed by atoms with Gasteiger partial charge in [0.2, 0.25) is 5.91 Å². The number of hydrogen-bond acceptors (Lipinski definition) is 3. The van der Waals surface area contributed by atoms with Gasteiger partial charge in [-0.25, -0.2) is 0 Å². The zero-order valence-corrected chi connectivity index (χ0v) is 9.74. The highest BCUT2D eigenvalue weighted by molar-refractivity contribution is 6.12. The predicted octanol–water partition coefficient (Wildman–Crippen LogP) is 0.0737. The Morgan fingerprint density at radius 2 is 1.75 bits per heavy atom. The fourth-order valence-electron chi connectivity index (χ4n) is 1.20. The van der Waals surface area contributed by atoms with Crippen LogP contribution in [0.4, 0.5) is 0 Å². The molecule has 16 heavy (non-hydrogen) atoms. The van der Waals surface area contributed by atoms with Crippen molar-refractivity contribution in [1.29, 1.82) is 0 Å². The molecule has 0 fully saturated rings. The van der Waals surface area contributed by atoms with E-state index in [1.54, 1.807) is 20.8 Å². The Kier molecular flexibility index (Phi) is 3.47. The fraction of sp³-hybridized carbons (Fsp3) is 0.545. The summed E-state index contributed by atoms with van der Waals surface area (Å²) in [6, 6.07) is 0. The van der Waals surface area contributed by atoms with E-state index in [4.69, 9.17) is 0 Å². The van der Waals surface area contributed by atoms with Gasteiger partial charge in [0.25, 0.3) is 11.8 Å². The number of amides is 3. The van der Waals surface area contributed by atoms with E-state index in [1.807, 2.05) is 0 Å². The number of rotatable bonds is 3. The molecule has 3 amide bonds. The van der Waals surface area contributed by atoms with Crippen molar-refractivity contribution >= 4 is 17.7 Å². The van der Waals surface area contributed by atoms with Crippen LogP contribution in [0.25, 0.3) is 0 Å². The lowest BCUT2D eigenvalue weighted by Gasteiger charge is -2.19. The molecule has 5 heteroatoms. The molecule has 1 aliphatic rings. The highest BCUT2D eigenvalue weighted by Crippen LogP contribution is 2.12. The van der Waals surface area contributed by atoms with E-state index in [1.165, 1.54) is 12.2 Å². The normalized spacial score (nSPS) is 15.8. The van der Waals surface area contributed by atoms with Gasteiger partial charge in [-0.1, -0.05) is 20.8 Å². The van der Waals surface area contributed by atoms with Gasteiger partial charge in [-0.3, -0.25) is 19.3 Å². The van der Waals surface area contributed by atoms with Gasteiger partial charge >= 0.3 is 0 Å². The van der Waals surface area contributed by atoms with Crippen LogP contribution in [-0.4, -0.2) is 35.7 Å². The molecule has 1 heterocycles. The van der Waals surface area contributed by atoms with E-state index < -0.39 is 5.41 Å². The first-order valence-corrected chi connectivity index (χ1v) is 5.14. The first-order valence-electron chi connectivity index (χ1n) is 5.14. The van der Waals surface area contributed by atoms with E-state index >= 15 is 0 Å². The van der Waals surface area contributed by atoms with Gasteiger partial charge in [0.05, 0.1) is 0 Å². The summed E-state index contributed by atoms with van der Waals surface area (Å²) in [6.07, 6.45) is 2.46. The summed E-state index contributed by atoms with van der Waals surface area (Å²) in [5, 5.41) is 2.68. The minimum atomic E-state index is -0.461. The summed E-state index contributed by atoms with van der Waals surface area (Å²) in [7, 11) is 0. The van der Waals surface area contributed by atoms with Crippen LogP contribution >= 0.6 is 0 Å². The maximum Gasteiger partial charge on any atom is 0.253 e. The Labute approximate surface area is 94.5 Å². The summed E-state index contributed by atoms with van der Waals surface area (Å²) >= 11 is 0. The van der Waals surface area contributed by atoms with Gasteiger partial charge in [-0.2, -0.15) is 0 Å². The monoisotopic (exact) mass is 224 g/mol. The average molecular weight is 224 g/mol. The van der Waals surface area contributed by atoms with E-state index in [-0.39, 0.29) is 30.8 Å². The average Bonchev–Trinajstić information content (AvgIpc) is 2.47. The second-order valence-corrected chi connectivity index (χ2v) is 4.67. The summed E-state index contributed by atoms with van der Waals surface area (Å²) in [5.41, 5.74) is -0.461. The zero-order chi connectivity index (χ0) is 12.3. The van der Waals surface area contributed by atoms with Gasteiger partial charge < -0.3 is 5.32 Å². The standard InChI is InChI=1S/C11H16N2O3/c1-11(2,3)10(16)12-6-7-13-8(14)4-5-9(13)15/h4-5H,6-7H2,1-3H3,(H,12,16). The first-order chi connectivity index (χ1) is 7.32. The molecule has 1 aliphatic heterocycles. The third kappa shape index (κ3) is 2.92. The minimum absolute atomic E-state index is 0.0976. The molecular weight excluding hydrogens is 208 g/mol. The van der Waals surface area contributed by atoms with Crippen LogP contribution in [0.5, 0.6) is 0 Å². The lowest BCUT2D eigenvalue weighted by atomic mass is 9.96. The molecule has 0 aromatic carbocycles. The van der Waals surface area contributed by atoms with Gasteiger partial charge in [0, 0.05) is 30.7 Å². The van der Waals surface area contributed by atoms with Crippen LogP contribution in [0.2, 0.25) is 0 Å². The molecule has 1 N–H and O–H groups in total. The van der Waals surface area contributed by atoms with Crippen molar-refractivity contribution in [1.82, 2.24) is 10.2 Å². The molecule has 5 nitrogen and oxygen atoms in total. The topological polar surface area (TPSA) is 66.5 Å². The zero-order valence-electron chi connectivity index (χ0n) is 9.74. The molecule has 0 atom stereocenters. The number of imide groups is 1. The van der Waals surface area contributed by atoms with Crippen LogP contribution in [0.1, 0.15) is 20.8 Å². The molecule has 0 spiro atoms. The third-order valence-corrected chi connectivity index (χ3v) is 2.20. The molecule has 1 rings (SSSR count). The molecule has 0 unspecified atom stereocenters. The van der Waals surface area contributed by atoms with Crippen molar-refractivity contribution in [3.8, 4) is 0 Å².